The van der Waals surface area contributed by atoms with Gasteiger partial charge in [0.15, 0.2) is 0 Å². The summed E-state index contributed by atoms with van der Waals surface area (Å²) in [5.41, 5.74) is 4.25. The van der Waals surface area contributed by atoms with E-state index in [1.807, 2.05) is 67.6 Å². The molecule has 0 aliphatic heterocycles. The standard InChI is InChI=1S/C26H25NO5/c1-19-14-21(15-27-32-16-20-8-4-3-5-9-20)12-13-25(19)31-17-22-10-6-7-11-23(22)24(18-30-2)26(28)29/h3-15,18H,16-17H2,1-2H3,(H,28,29). The second-order valence-corrected chi connectivity index (χ2v) is 7.04. The van der Waals surface area contributed by atoms with E-state index in [0.29, 0.717) is 17.9 Å². The minimum absolute atomic E-state index is 0.0745. The normalized spacial score (nSPS) is 11.4. The Labute approximate surface area is 187 Å². The lowest BCUT2D eigenvalue weighted by molar-refractivity contribution is -0.130. The molecule has 0 amide bonds. The molecule has 3 rings (SSSR count). The summed E-state index contributed by atoms with van der Waals surface area (Å²) < 4.78 is 10.9. The van der Waals surface area contributed by atoms with Gasteiger partial charge in [0.1, 0.15) is 24.5 Å². The minimum Gasteiger partial charge on any atom is -0.503 e. The molecule has 164 valence electrons. The van der Waals surface area contributed by atoms with Crippen LogP contribution in [0.25, 0.3) is 5.57 Å². The number of oxime groups is 1. The largest absolute Gasteiger partial charge is 0.503 e. The van der Waals surface area contributed by atoms with E-state index in [1.54, 1.807) is 18.3 Å². The summed E-state index contributed by atoms with van der Waals surface area (Å²) in [6.07, 6.45) is 2.88. The molecule has 0 aliphatic carbocycles. The number of ether oxygens (including phenoxy) is 2. The van der Waals surface area contributed by atoms with Crippen LogP contribution in [-0.4, -0.2) is 24.4 Å². The summed E-state index contributed by atoms with van der Waals surface area (Å²) in [7, 11) is 1.42. The summed E-state index contributed by atoms with van der Waals surface area (Å²) in [6.45, 7) is 2.57. The Morgan fingerprint density at radius 3 is 2.47 bits per heavy atom. The van der Waals surface area contributed by atoms with Crippen LogP contribution in [0.4, 0.5) is 0 Å². The molecule has 0 bridgehead atoms. The Hall–Kier alpha value is -4.06. The molecule has 6 nitrogen and oxygen atoms in total. The van der Waals surface area contributed by atoms with E-state index in [0.717, 1.165) is 22.3 Å². The van der Waals surface area contributed by atoms with E-state index in [-0.39, 0.29) is 12.2 Å². The number of methoxy groups -OCH3 is 1. The van der Waals surface area contributed by atoms with Crippen LogP contribution in [-0.2, 0) is 27.6 Å². The van der Waals surface area contributed by atoms with Crippen molar-refractivity contribution in [2.75, 3.05) is 7.11 Å². The van der Waals surface area contributed by atoms with Gasteiger partial charge >= 0.3 is 5.97 Å². The first kappa shape index (κ1) is 22.6. The maximum absolute atomic E-state index is 11.6. The number of carbonyl (C=O) groups is 1. The molecule has 6 heteroatoms. The quantitative estimate of drug-likeness (QED) is 0.207. The number of rotatable bonds is 10. The molecule has 1 N–H and O–H groups in total. The molecule has 3 aromatic carbocycles. The average Bonchev–Trinajstić information content (AvgIpc) is 2.80. The molecule has 0 unspecified atom stereocenters. The summed E-state index contributed by atoms with van der Waals surface area (Å²) in [5.74, 6) is -0.358. The van der Waals surface area contributed by atoms with E-state index in [9.17, 15) is 9.90 Å². The monoisotopic (exact) mass is 431 g/mol. The lowest BCUT2D eigenvalue weighted by Crippen LogP contribution is -2.06. The number of hydrogen-bond acceptors (Lipinski definition) is 5. The Morgan fingerprint density at radius 1 is 1.00 bits per heavy atom. The predicted octanol–water partition coefficient (Wildman–Crippen LogP) is 5.20. The van der Waals surface area contributed by atoms with Gasteiger partial charge in [0.25, 0.3) is 0 Å². The lowest BCUT2D eigenvalue weighted by atomic mass is 10.0. The molecular weight excluding hydrogens is 406 g/mol. The predicted molar refractivity (Wildman–Crippen MR) is 123 cm³/mol. The fourth-order valence-corrected chi connectivity index (χ4v) is 3.11. The SMILES string of the molecule is COC=C(C(=O)O)c1ccccc1COc1ccc(C=NOCc2ccccc2)cc1C. The molecule has 0 saturated heterocycles. The molecule has 0 aromatic heterocycles. The van der Waals surface area contributed by atoms with Crippen molar-refractivity contribution in [3.8, 4) is 5.75 Å². The number of nitrogens with zero attached hydrogens (tertiary/aromatic N) is 1. The highest BCUT2D eigenvalue weighted by molar-refractivity contribution is 6.15. The number of hydrogen-bond donors (Lipinski definition) is 1. The van der Waals surface area contributed by atoms with Gasteiger partial charge in [0.05, 0.1) is 19.6 Å². The zero-order chi connectivity index (χ0) is 22.8. The summed E-state index contributed by atoms with van der Waals surface area (Å²) in [4.78, 5) is 16.9. The van der Waals surface area contributed by atoms with Crippen molar-refractivity contribution >= 4 is 17.8 Å². The molecule has 0 heterocycles. The van der Waals surface area contributed by atoms with E-state index < -0.39 is 5.97 Å². The van der Waals surface area contributed by atoms with Gasteiger partial charge in [-0.25, -0.2) is 4.79 Å². The van der Waals surface area contributed by atoms with E-state index in [4.69, 9.17) is 14.3 Å². The topological polar surface area (TPSA) is 77.4 Å². The van der Waals surface area contributed by atoms with Crippen LogP contribution in [0.3, 0.4) is 0 Å². The van der Waals surface area contributed by atoms with E-state index in [1.165, 1.54) is 13.4 Å². The summed E-state index contributed by atoms with van der Waals surface area (Å²) in [5, 5.41) is 13.5. The molecule has 0 aliphatic rings. The van der Waals surface area contributed by atoms with Crippen LogP contribution in [0.5, 0.6) is 5.75 Å². The molecule has 32 heavy (non-hydrogen) atoms. The van der Waals surface area contributed by atoms with Crippen LogP contribution < -0.4 is 4.74 Å². The Bertz CT molecular complexity index is 1110. The second-order valence-electron chi connectivity index (χ2n) is 7.04. The molecule has 0 fully saturated rings. The first-order valence-corrected chi connectivity index (χ1v) is 10.1. The minimum atomic E-state index is -1.06. The van der Waals surface area contributed by atoms with Gasteiger partial charge in [-0.05, 0) is 52.9 Å². The Morgan fingerprint density at radius 2 is 1.75 bits per heavy atom. The highest BCUT2D eigenvalue weighted by Crippen LogP contribution is 2.24. The van der Waals surface area contributed by atoms with Gasteiger partial charge in [0.2, 0.25) is 0 Å². The highest BCUT2D eigenvalue weighted by Gasteiger charge is 2.15. The number of carboxylic acids is 1. The van der Waals surface area contributed by atoms with Crippen LogP contribution >= 0.6 is 0 Å². The fourth-order valence-electron chi connectivity index (χ4n) is 3.11. The molecule has 0 spiro atoms. The molecule has 0 atom stereocenters. The van der Waals surface area contributed by atoms with Crippen LogP contribution in [0.15, 0.2) is 84.2 Å². The van der Waals surface area contributed by atoms with Crippen molar-refractivity contribution < 1.29 is 24.2 Å². The van der Waals surface area contributed by atoms with Crippen molar-refractivity contribution in [2.24, 2.45) is 5.16 Å². The number of aryl methyl sites for hydroxylation is 1. The van der Waals surface area contributed by atoms with Crippen LogP contribution in [0.2, 0.25) is 0 Å². The third-order valence-corrected chi connectivity index (χ3v) is 4.71. The lowest BCUT2D eigenvalue weighted by Gasteiger charge is -2.13. The third-order valence-electron chi connectivity index (χ3n) is 4.71. The first-order chi connectivity index (χ1) is 15.6. The molecule has 3 aromatic rings. The third kappa shape index (κ3) is 6.22. The van der Waals surface area contributed by atoms with Gasteiger partial charge in [-0.3, -0.25) is 0 Å². The van der Waals surface area contributed by atoms with Crippen molar-refractivity contribution in [2.45, 2.75) is 20.1 Å². The van der Waals surface area contributed by atoms with E-state index >= 15 is 0 Å². The molecule has 0 radical (unpaired) electrons. The van der Waals surface area contributed by atoms with Gasteiger partial charge in [-0.15, -0.1) is 0 Å². The van der Waals surface area contributed by atoms with Gasteiger partial charge in [-0.2, -0.15) is 0 Å². The van der Waals surface area contributed by atoms with Crippen molar-refractivity contribution in [1.82, 2.24) is 0 Å². The summed E-state index contributed by atoms with van der Waals surface area (Å²) >= 11 is 0. The van der Waals surface area contributed by atoms with Crippen molar-refractivity contribution in [1.29, 1.82) is 0 Å². The second kappa shape index (κ2) is 11.4. The number of aliphatic carboxylic acids is 1. The van der Waals surface area contributed by atoms with Gasteiger partial charge < -0.3 is 19.4 Å². The van der Waals surface area contributed by atoms with E-state index in [2.05, 4.69) is 5.16 Å². The summed E-state index contributed by atoms with van der Waals surface area (Å²) in [6, 6.07) is 22.7. The Kier molecular flexibility index (Phi) is 8.03. The van der Waals surface area contributed by atoms with Crippen molar-refractivity contribution in [3.05, 3.63) is 107 Å². The molecular formula is C26H25NO5. The Balaban J connectivity index is 1.64. The van der Waals surface area contributed by atoms with Gasteiger partial charge in [-0.1, -0.05) is 59.8 Å². The smallest absolute Gasteiger partial charge is 0.339 e. The number of benzene rings is 3. The van der Waals surface area contributed by atoms with Crippen LogP contribution in [0, 0.1) is 6.92 Å². The first-order valence-electron chi connectivity index (χ1n) is 10.1. The maximum atomic E-state index is 11.6. The maximum Gasteiger partial charge on any atom is 0.339 e. The van der Waals surface area contributed by atoms with Gasteiger partial charge in [0, 0.05) is 0 Å². The van der Waals surface area contributed by atoms with Crippen molar-refractivity contribution in [3.63, 3.8) is 0 Å². The van der Waals surface area contributed by atoms with Crippen LogP contribution in [0.1, 0.15) is 27.8 Å². The highest BCUT2D eigenvalue weighted by atomic mass is 16.6. The number of carboxylic acid groups (broad SMARTS) is 1. The molecule has 0 saturated carbocycles. The zero-order valence-corrected chi connectivity index (χ0v) is 18.0. The average molecular weight is 431 g/mol. The fraction of sp³-hybridized carbons (Fsp3) is 0.154. The zero-order valence-electron chi connectivity index (χ0n) is 18.0.